The molecule has 0 aromatic carbocycles. The molecule has 3 N–H and O–H groups in total. The average Bonchev–Trinajstić information content (AvgIpc) is 2.75. The Morgan fingerprint density at radius 2 is 2.44 bits per heavy atom. The van der Waals surface area contributed by atoms with Gasteiger partial charge in [-0.3, -0.25) is 9.51 Å². The van der Waals surface area contributed by atoms with Gasteiger partial charge >= 0.3 is 5.76 Å². The van der Waals surface area contributed by atoms with Crippen LogP contribution in [0.25, 0.3) is 0 Å². The van der Waals surface area contributed by atoms with Crippen molar-refractivity contribution in [2.24, 2.45) is 17.1 Å². The number of H-pyrrole nitrogens is 1. The molecule has 1 aliphatic rings. The van der Waals surface area contributed by atoms with Gasteiger partial charge < -0.3 is 5.73 Å². The molecule has 0 aliphatic heterocycles. The van der Waals surface area contributed by atoms with E-state index in [9.17, 15) is 4.79 Å². The second-order valence-electron chi connectivity index (χ2n) is 5.49. The minimum Gasteiger partial charge on any atom is -0.330 e. The lowest BCUT2D eigenvalue weighted by atomic mass is 9.85. The molecule has 1 aromatic heterocycles. The summed E-state index contributed by atoms with van der Waals surface area (Å²) < 4.78 is 4.54. The summed E-state index contributed by atoms with van der Waals surface area (Å²) in [5.74, 6) is 0.731. The van der Waals surface area contributed by atoms with E-state index < -0.39 is 5.76 Å². The maximum absolute atomic E-state index is 10.9. The number of rotatable bonds is 3. The summed E-state index contributed by atoms with van der Waals surface area (Å²) in [5.41, 5.74) is 6.16. The van der Waals surface area contributed by atoms with Crippen LogP contribution in [0.1, 0.15) is 44.9 Å². The zero-order valence-electron chi connectivity index (χ0n) is 9.82. The largest absolute Gasteiger partial charge is 0.438 e. The highest BCUT2D eigenvalue weighted by Crippen LogP contribution is 2.45. The lowest BCUT2D eigenvalue weighted by Crippen LogP contribution is -2.22. The first-order valence-corrected chi connectivity index (χ1v) is 5.78. The van der Waals surface area contributed by atoms with Crippen molar-refractivity contribution in [2.75, 3.05) is 6.54 Å². The molecule has 0 radical (unpaired) electrons. The summed E-state index contributed by atoms with van der Waals surface area (Å²) in [6.07, 6.45) is 3.48. The Bertz CT molecular complexity index is 407. The van der Waals surface area contributed by atoms with Crippen LogP contribution >= 0.6 is 0 Å². The molecule has 1 unspecified atom stereocenters. The Labute approximate surface area is 94.4 Å². The number of nitrogens with zero attached hydrogens (tertiary/aromatic N) is 1. The third-order valence-corrected chi connectivity index (χ3v) is 3.64. The Morgan fingerprint density at radius 1 is 1.69 bits per heavy atom. The SMILES string of the molecule is CC1(C)CCC([C@@H](CN)c2noc(=O)[nH]2)C1. The third kappa shape index (κ3) is 2.19. The lowest BCUT2D eigenvalue weighted by molar-refractivity contribution is 0.326. The van der Waals surface area contributed by atoms with E-state index in [0.29, 0.717) is 23.7 Å². The molecule has 1 heterocycles. The van der Waals surface area contributed by atoms with Crippen molar-refractivity contribution in [3.05, 3.63) is 16.4 Å². The summed E-state index contributed by atoms with van der Waals surface area (Å²) >= 11 is 0. The van der Waals surface area contributed by atoms with Crippen LogP contribution in [0, 0.1) is 11.3 Å². The Kier molecular flexibility index (Phi) is 2.88. The zero-order chi connectivity index (χ0) is 11.8. The van der Waals surface area contributed by atoms with E-state index >= 15 is 0 Å². The van der Waals surface area contributed by atoms with Crippen molar-refractivity contribution >= 4 is 0 Å². The van der Waals surface area contributed by atoms with E-state index in [0.717, 1.165) is 12.8 Å². The monoisotopic (exact) mass is 225 g/mol. The van der Waals surface area contributed by atoms with Crippen LogP contribution in [-0.4, -0.2) is 16.7 Å². The number of hydrogen-bond donors (Lipinski definition) is 2. The van der Waals surface area contributed by atoms with Gasteiger partial charge in [-0.15, -0.1) is 0 Å². The molecule has 2 rings (SSSR count). The molecule has 90 valence electrons. The molecular formula is C11H19N3O2. The molecular weight excluding hydrogens is 206 g/mol. The molecule has 0 saturated heterocycles. The summed E-state index contributed by atoms with van der Waals surface area (Å²) in [4.78, 5) is 13.5. The van der Waals surface area contributed by atoms with Gasteiger partial charge in [-0.2, -0.15) is 0 Å². The lowest BCUT2D eigenvalue weighted by Gasteiger charge is -2.21. The highest BCUT2D eigenvalue weighted by Gasteiger charge is 2.36. The second kappa shape index (κ2) is 4.05. The minimum atomic E-state index is -0.495. The topological polar surface area (TPSA) is 84.9 Å². The molecule has 1 aromatic rings. The highest BCUT2D eigenvalue weighted by atomic mass is 16.5. The quantitative estimate of drug-likeness (QED) is 0.810. The number of nitrogens with one attached hydrogen (secondary N) is 1. The first-order valence-electron chi connectivity index (χ1n) is 5.78. The van der Waals surface area contributed by atoms with E-state index in [-0.39, 0.29) is 5.92 Å². The molecule has 1 fully saturated rings. The summed E-state index contributed by atoms with van der Waals surface area (Å²) in [6, 6.07) is 0. The average molecular weight is 225 g/mol. The highest BCUT2D eigenvalue weighted by molar-refractivity contribution is 5.00. The Balaban J connectivity index is 2.15. The number of aromatic amines is 1. The van der Waals surface area contributed by atoms with Crippen LogP contribution in [0.5, 0.6) is 0 Å². The maximum Gasteiger partial charge on any atom is 0.438 e. The van der Waals surface area contributed by atoms with Crippen molar-refractivity contribution < 1.29 is 4.52 Å². The van der Waals surface area contributed by atoms with Crippen molar-refractivity contribution in [3.8, 4) is 0 Å². The van der Waals surface area contributed by atoms with E-state index in [4.69, 9.17) is 5.73 Å². The van der Waals surface area contributed by atoms with E-state index in [1.165, 1.54) is 6.42 Å². The van der Waals surface area contributed by atoms with E-state index in [1.54, 1.807) is 0 Å². The first-order chi connectivity index (χ1) is 7.52. The van der Waals surface area contributed by atoms with Gasteiger partial charge in [0, 0.05) is 12.5 Å². The van der Waals surface area contributed by atoms with Gasteiger partial charge in [0.05, 0.1) is 0 Å². The van der Waals surface area contributed by atoms with Gasteiger partial charge in [-0.05, 0) is 30.6 Å². The molecule has 0 amide bonds. The Hall–Kier alpha value is -1.10. The van der Waals surface area contributed by atoms with Crippen LogP contribution in [0.15, 0.2) is 9.32 Å². The van der Waals surface area contributed by atoms with Crippen molar-refractivity contribution in [1.82, 2.24) is 10.1 Å². The molecule has 1 saturated carbocycles. The van der Waals surface area contributed by atoms with Gasteiger partial charge in [-0.25, -0.2) is 4.79 Å². The zero-order valence-corrected chi connectivity index (χ0v) is 9.82. The standard InChI is InChI=1S/C11H19N3O2/c1-11(2)4-3-7(5-11)8(6-12)9-13-10(15)16-14-9/h7-8H,3-6,12H2,1-2H3,(H,13,14,15)/t7?,8-/m1/s1. The van der Waals surface area contributed by atoms with Crippen LogP contribution in [0.3, 0.4) is 0 Å². The van der Waals surface area contributed by atoms with Crippen molar-refractivity contribution in [1.29, 1.82) is 0 Å². The minimum absolute atomic E-state index is 0.119. The number of aromatic nitrogens is 2. The van der Waals surface area contributed by atoms with Gasteiger partial charge in [0.2, 0.25) is 0 Å². The molecule has 0 spiro atoms. The van der Waals surface area contributed by atoms with Gasteiger partial charge in [-0.1, -0.05) is 19.0 Å². The molecule has 2 atom stereocenters. The molecule has 0 bridgehead atoms. The molecule has 16 heavy (non-hydrogen) atoms. The normalized spacial score (nSPS) is 25.8. The first kappa shape index (κ1) is 11.4. The van der Waals surface area contributed by atoms with Crippen LogP contribution in [0.4, 0.5) is 0 Å². The number of nitrogens with two attached hydrogens (primary N) is 1. The summed E-state index contributed by atoms with van der Waals surface area (Å²) in [6.45, 7) is 5.04. The third-order valence-electron chi connectivity index (χ3n) is 3.64. The van der Waals surface area contributed by atoms with E-state index in [2.05, 4.69) is 28.5 Å². The summed E-state index contributed by atoms with van der Waals surface area (Å²) in [5, 5.41) is 3.76. The fraction of sp³-hybridized carbons (Fsp3) is 0.818. The fourth-order valence-electron chi connectivity index (χ4n) is 2.76. The molecule has 5 nitrogen and oxygen atoms in total. The van der Waals surface area contributed by atoms with Crippen LogP contribution in [-0.2, 0) is 0 Å². The maximum atomic E-state index is 10.9. The summed E-state index contributed by atoms with van der Waals surface area (Å²) in [7, 11) is 0. The second-order valence-corrected chi connectivity index (χ2v) is 5.49. The predicted molar refractivity (Wildman–Crippen MR) is 60.0 cm³/mol. The van der Waals surface area contributed by atoms with Crippen LogP contribution < -0.4 is 11.5 Å². The molecule has 1 aliphatic carbocycles. The van der Waals surface area contributed by atoms with Gasteiger partial charge in [0.1, 0.15) is 0 Å². The van der Waals surface area contributed by atoms with Gasteiger partial charge in [0.15, 0.2) is 5.82 Å². The smallest absolute Gasteiger partial charge is 0.330 e. The Morgan fingerprint density at radius 3 is 2.88 bits per heavy atom. The van der Waals surface area contributed by atoms with Crippen molar-refractivity contribution in [2.45, 2.75) is 39.0 Å². The molecule has 5 heteroatoms. The van der Waals surface area contributed by atoms with Gasteiger partial charge in [0.25, 0.3) is 0 Å². The number of hydrogen-bond acceptors (Lipinski definition) is 4. The van der Waals surface area contributed by atoms with Crippen LogP contribution in [0.2, 0.25) is 0 Å². The van der Waals surface area contributed by atoms with Crippen molar-refractivity contribution in [3.63, 3.8) is 0 Å². The fourth-order valence-corrected chi connectivity index (χ4v) is 2.76. The predicted octanol–water partition coefficient (Wildman–Crippen LogP) is 1.23. The van der Waals surface area contributed by atoms with E-state index in [1.807, 2.05) is 0 Å².